The Morgan fingerprint density at radius 1 is 1.41 bits per heavy atom. The highest BCUT2D eigenvalue weighted by Gasteiger charge is 2.09. The summed E-state index contributed by atoms with van der Waals surface area (Å²) in [4.78, 5) is 15.8. The van der Waals surface area contributed by atoms with Crippen LogP contribution in [0.15, 0.2) is 41.4 Å². The summed E-state index contributed by atoms with van der Waals surface area (Å²) in [5.41, 5.74) is 2.20. The van der Waals surface area contributed by atoms with Gasteiger partial charge >= 0.3 is 0 Å². The number of rotatable bonds is 8. The zero-order chi connectivity index (χ0) is 15.8. The van der Waals surface area contributed by atoms with Gasteiger partial charge in [0.2, 0.25) is 17.6 Å². The third-order valence-corrected chi connectivity index (χ3v) is 3.91. The van der Waals surface area contributed by atoms with E-state index in [0.29, 0.717) is 29.8 Å². The highest BCUT2D eigenvalue weighted by atomic mass is 32.2. The van der Waals surface area contributed by atoms with Crippen molar-refractivity contribution in [3.8, 4) is 11.4 Å². The molecular formula is C16H19N3O2S. The average molecular weight is 317 g/mol. The molecule has 1 heterocycles. The van der Waals surface area contributed by atoms with Crippen molar-refractivity contribution in [2.45, 2.75) is 19.1 Å². The van der Waals surface area contributed by atoms with Gasteiger partial charge in [0.1, 0.15) is 0 Å². The van der Waals surface area contributed by atoms with Crippen molar-refractivity contribution in [2.24, 2.45) is 0 Å². The molecule has 0 aliphatic heterocycles. The maximum Gasteiger partial charge on any atom is 0.236 e. The number of benzene rings is 1. The fraction of sp³-hybridized carbons (Fsp3) is 0.312. The minimum atomic E-state index is -0.0280. The smallest absolute Gasteiger partial charge is 0.236 e. The minimum Gasteiger partial charge on any atom is -0.352 e. The molecular weight excluding hydrogens is 298 g/mol. The molecule has 0 saturated heterocycles. The van der Waals surface area contributed by atoms with Crippen LogP contribution in [0.5, 0.6) is 0 Å². The Morgan fingerprint density at radius 3 is 2.86 bits per heavy atom. The van der Waals surface area contributed by atoms with Crippen LogP contribution in [0.1, 0.15) is 18.4 Å². The fourth-order valence-electron chi connectivity index (χ4n) is 1.79. The molecule has 0 fully saturated rings. The molecule has 1 aromatic heterocycles. The molecule has 0 aliphatic carbocycles. The maximum absolute atomic E-state index is 11.4. The van der Waals surface area contributed by atoms with E-state index in [1.54, 1.807) is 6.08 Å². The van der Waals surface area contributed by atoms with E-state index in [-0.39, 0.29) is 5.91 Å². The number of aromatic nitrogens is 2. The lowest BCUT2D eigenvalue weighted by molar-refractivity contribution is -0.118. The topological polar surface area (TPSA) is 68.0 Å². The fourth-order valence-corrected chi connectivity index (χ4v) is 2.47. The lowest BCUT2D eigenvalue weighted by atomic mass is 10.1. The summed E-state index contributed by atoms with van der Waals surface area (Å²) in [6.45, 7) is 6.15. The van der Waals surface area contributed by atoms with Crippen LogP contribution in [0, 0.1) is 0 Å². The number of aryl methyl sites for hydroxylation is 1. The lowest BCUT2D eigenvalue weighted by Crippen LogP contribution is -2.24. The monoisotopic (exact) mass is 317 g/mol. The number of nitrogens with zero attached hydrogens (tertiary/aromatic N) is 2. The van der Waals surface area contributed by atoms with Gasteiger partial charge in [-0.05, 0) is 12.0 Å². The lowest BCUT2D eigenvalue weighted by Gasteiger charge is -2.00. The zero-order valence-electron chi connectivity index (χ0n) is 12.5. The number of amides is 1. The van der Waals surface area contributed by atoms with E-state index < -0.39 is 0 Å². The molecule has 1 N–H and O–H groups in total. The van der Waals surface area contributed by atoms with Crippen molar-refractivity contribution in [3.05, 3.63) is 48.4 Å². The van der Waals surface area contributed by atoms with Crippen molar-refractivity contribution in [3.63, 3.8) is 0 Å². The number of hydrogen-bond acceptors (Lipinski definition) is 5. The van der Waals surface area contributed by atoms with Gasteiger partial charge in [0.05, 0.1) is 11.5 Å². The van der Waals surface area contributed by atoms with Gasteiger partial charge in [-0.2, -0.15) is 4.98 Å². The zero-order valence-corrected chi connectivity index (χ0v) is 13.4. The van der Waals surface area contributed by atoms with E-state index in [2.05, 4.69) is 41.1 Å². The number of hydrogen-bond donors (Lipinski definition) is 1. The number of carbonyl (C=O) groups is 1. The van der Waals surface area contributed by atoms with Crippen LogP contribution in [-0.2, 0) is 17.0 Å². The molecule has 2 aromatic rings. The molecule has 116 valence electrons. The van der Waals surface area contributed by atoms with Crippen LogP contribution in [0.25, 0.3) is 11.4 Å². The Balaban J connectivity index is 1.85. The quantitative estimate of drug-likeness (QED) is 0.758. The SMILES string of the molecule is C=CCNC(=O)CSCc1nc(-c2ccc(CC)cc2)no1. The summed E-state index contributed by atoms with van der Waals surface area (Å²) in [6, 6.07) is 8.10. The van der Waals surface area contributed by atoms with Gasteiger partial charge in [-0.1, -0.05) is 42.4 Å². The van der Waals surface area contributed by atoms with Crippen molar-refractivity contribution in [1.29, 1.82) is 0 Å². The molecule has 1 amide bonds. The second-order valence-corrected chi connectivity index (χ2v) is 5.63. The Labute approximate surface area is 134 Å². The summed E-state index contributed by atoms with van der Waals surface area (Å²) < 4.78 is 5.21. The van der Waals surface area contributed by atoms with E-state index in [0.717, 1.165) is 12.0 Å². The second kappa shape index (κ2) is 8.38. The highest BCUT2D eigenvalue weighted by Crippen LogP contribution is 2.18. The molecule has 2 rings (SSSR count). The van der Waals surface area contributed by atoms with Crippen molar-refractivity contribution in [2.75, 3.05) is 12.3 Å². The standard InChI is InChI=1S/C16H19N3O2S/c1-3-9-17-14(20)10-22-11-15-18-16(19-21-15)13-7-5-12(4-2)6-8-13/h3,5-8H,1,4,9-11H2,2H3,(H,17,20). The highest BCUT2D eigenvalue weighted by molar-refractivity contribution is 7.99. The number of carbonyl (C=O) groups excluding carboxylic acids is 1. The summed E-state index contributed by atoms with van der Waals surface area (Å²) in [5, 5.41) is 6.69. The number of thioether (sulfide) groups is 1. The molecule has 0 bridgehead atoms. The average Bonchev–Trinajstić information content (AvgIpc) is 3.02. The van der Waals surface area contributed by atoms with Crippen LogP contribution in [0.2, 0.25) is 0 Å². The van der Waals surface area contributed by atoms with Gasteiger partial charge < -0.3 is 9.84 Å². The van der Waals surface area contributed by atoms with Crippen molar-refractivity contribution in [1.82, 2.24) is 15.5 Å². The third-order valence-electron chi connectivity index (χ3n) is 2.99. The summed E-state index contributed by atoms with van der Waals surface area (Å²) in [6.07, 6.45) is 2.65. The molecule has 0 atom stereocenters. The molecule has 0 unspecified atom stereocenters. The van der Waals surface area contributed by atoms with Crippen molar-refractivity contribution < 1.29 is 9.32 Å². The normalized spacial score (nSPS) is 10.4. The largest absolute Gasteiger partial charge is 0.352 e. The van der Waals surface area contributed by atoms with Gasteiger partial charge in [-0.3, -0.25) is 4.79 Å². The van der Waals surface area contributed by atoms with E-state index in [1.165, 1.54) is 17.3 Å². The predicted molar refractivity (Wildman–Crippen MR) is 88.5 cm³/mol. The first-order valence-corrected chi connectivity index (χ1v) is 8.25. The molecule has 22 heavy (non-hydrogen) atoms. The van der Waals surface area contributed by atoms with Crippen LogP contribution in [-0.4, -0.2) is 28.3 Å². The summed E-state index contributed by atoms with van der Waals surface area (Å²) in [7, 11) is 0. The van der Waals surface area contributed by atoms with Crippen LogP contribution < -0.4 is 5.32 Å². The molecule has 0 saturated carbocycles. The van der Waals surface area contributed by atoms with Gasteiger partial charge in [0, 0.05) is 12.1 Å². The molecule has 0 aliphatic rings. The summed E-state index contributed by atoms with van der Waals surface area (Å²) >= 11 is 1.44. The van der Waals surface area contributed by atoms with E-state index in [1.807, 2.05) is 12.1 Å². The molecule has 6 heteroatoms. The van der Waals surface area contributed by atoms with E-state index in [9.17, 15) is 4.79 Å². The Bertz CT molecular complexity index is 623. The van der Waals surface area contributed by atoms with Gasteiger partial charge in [-0.25, -0.2) is 0 Å². The Kier molecular flexibility index (Phi) is 6.21. The molecule has 5 nitrogen and oxygen atoms in total. The van der Waals surface area contributed by atoms with Gasteiger partial charge in [0.15, 0.2) is 0 Å². The van der Waals surface area contributed by atoms with E-state index >= 15 is 0 Å². The maximum atomic E-state index is 11.4. The Hall–Kier alpha value is -2.08. The van der Waals surface area contributed by atoms with Gasteiger partial charge in [-0.15, -0.1) is 18.3 Å². The third kappa shape index (κ3) is 4.73. The molecule has 1 aromatic carbocycles. The molecule has 0 radical (unpaired) electrons. The van der Waals surface area contributed by atoms with Crippen molar-refractivity contribution >= 4 is 17.7 Å². The first kappa shape index (κ1) is 16.3. The van der Waals surface area contributed by atoms with E-state index in [4.69, 9.17) is 4.52 Å². The number of nitrogens with one attached hydrogen (secondary N) is 1. The van der Waals surface area contributed by atoms with Crippen LogP contribution in [0.4, 0.5) is 0 Å². The predicted octanol–water partition coefficient (Wildman–Crippen LogP) is 2.83. The second-order valence-electron chi connectivity index (χ2n) is 4.65. The van der Waals surface area contributed by atoms with Crippen LogP contribution in [0.3, 0.4) is 0 Å². The van der Waals surface area contributed by atoms with Gasteiger partial charge in [0.25, 0.3) is 0 Å². The molecule has 0 spiro atoms. The van der Waals surface area contributed by atoms with Crippen LogP contribution >= 0.6 is 11.8 Å². The Morgan fingerprint density at radius 2 is 2.18 bits per heavy atom. The summed E-state index contributed by atoms with van der Waals surface area (Å²) in [5.74, 6) is 1.95. The minimum absolute atomic E-state index is 0.0280. The first-order chi connectivity index (χ1) is 10.7. The first-order valence-electron chi connectivity index (χ1n) is 7.10.